The molecule has 6 heteroatoms. The molecule has 110 valence electrons. The van der Waals surface area contributed by atoms with E-state index in [1.54, 1.807) is 18.2 Å². The summed E-state index contributed by atoms with van der Waals surface area (Å²) in [5, 5.41) is 9.21. The first kappa shape index (κ1) is 16.0. The maximum absolute atomic E-state index is 6.09. The summed E-state index contributed by atoms with van der Waals surface area (Å²) in [5.74, 6) is 0. The Morgan fingerprint density at radius 3 is 2.19 bits per heavy atom. The third-order valence-corrected chi connectivity index (χ3v) is 3.70. The Labute approximate surface area is 138 Å². The Kier molecular flexibility index (Phi) is 5.34. The minimum Gasteiger partial charge on any atom is -0.388 e. The van der Waals surface area contributed by atoms with Crippen molar-refractivity contribution in [2.24, 2.45) is 5.10 Å². The van der Waals surface area contributed by atoms with Gasteiger partial charge in [-0.3, -0.25) is 5.43 Å². The molecule has 0 amide bonds. The molecule has 0 bridgehead atoms. The van der Waals surface area contributed by atoms with Gasteiger partial charge in [-0.25, -0.2) is 0 Å². The lowest BCUT2D eigenvalue weighted by molar-refractivity contribution is 1.32. The van der Waals surface area contributed by atoms with Crippen LogP contribution in [0.5, 0.6) is 0 Å². The van der Waals surface area contributed by atoms with Crippen LogP contribution < -0.4 is 10.7 Å². The SMILES string of the molecule is CNc1ccc(Cl)cc1/C(C)=N/Nc1ccc(Cl)cc1Cl. The largest absolute Gasteiger partial charge is 0.388 e. The highest BCUT2D eigenvalue weighted by atomic mass is 35.5. The quantitative estimate of drug-likeness (QED) is 0.566. The topological polar surface area (TPSA) is 36.4 Å². The zero-order chi connectivity index (χ0) is 15.4. The highest BCUT2D eigenvalue weighted by Gasteiger charge is 2.06. The molecule has 0 unspecified atom stereocenters. The summed E-state index contributed by atoms with van der Waals surface area (Å²) in [6, 6.07) is 10.8. The van der Waals surface area contributed by atoms with Gasteiger partial charge in [-0.15, -0.1) is 0 Å². The molecule has 0 aliphatic heterocycles. The first-order chi connectivity index (χ1) is 10.0. The van der Waals surface area contributed by atoms with Crippen LogP contribution in [0.25, 0.3) is 0 Å². The van der Waals surface area contributed by atoms with Crippen molar-refractivity contribution in [3.63, 3.8) is 0 Å². The fraction of sp³-hybridized carbons (Fsp3) is 0.133. The van der Waals surface area contributed by atoms with E-state index in [-0.39, 0.29) is 0 Å². The normalized spacial score (nSPS) is 11.4. The highest BCUT2D eigenvalue weighted by molar-refractivity contribution is 6.36. The predicted molar refractivity (Wildman–Crippen MR) is 93.3 cm³/mol. The van der Waals surface area contributed by atoms with Gasteiger partial charge in [0.15, 0.2) is 0 Å². The van der Waals surface area contributed by atoms with E-state index in [0.29, 0.717) is 20.8 Å². The molecule has 2 N–H and O–H groups in total. The lowest BCUT2D eigenvalue weighted by Crippen LogP contribution is -2.04. The van der Waals surface area contributed by atoms with Gasteiger partial charge in [0.05, 0.1) is 16.4 Å². The Morgan fingerprint density at radius 2 is 1.57 bits per heavy atom. The molecular weight excluding hydrogens is 329 g/mol. The first-order valence-electron chi connectivity index (χ1n) is 6.24. The van der Waals surface area contributed by atoms with Crippen LogP contribution in [0.2, 0.25) is 15.1 Å². The van der Waals surface area contributed by atoms with Gasteiger partial charge in [-0.2, -0.15) is 5.10 Å². The number of hydrogen-bond acceptors (Lipinski definition) is 3. The fourth-order valence-corrected chi connectivity index (χ4v) is 2.44. The second kappa shape index (κ2) is 7.03. The van der Waals surface area contributed by atoms with Crippen LogP contribution >= 0.6 is 34.8 Å². The van der Waals surface area contributed by atoms with Gasteiger partial charge >= 0.3 is 0 Å². The molecule has 2 rings (SSSR count). The molecule has 3 nitrogen and oxygen atoms in total. The van der Waals surface area contributed by atoms with E-state index in [4.69, 9.17) is 34.8 Å². The second-order valence-electron chi connectivity index (χ2n) is 4.37. The summed E-state index contributed by atoms with van der Waals surface area (Å²) < 4.78 is 0. The lowest BCUT2D eigenvalue weighted by Gasteiger charge is -2.10. The Morgan fingerprint density at radius 1 is 0.952 bits per heavy atom. The lowest BCUT2D eigenvalue weighted by atomic mass is 10.1. The summed E-state index contributed by atoms with van der Waals surface area (Å²) >= 11 is 18.0. The van der Waals surface area contributed by atoms with Gasteiger partial charge in [0.25, 0.3) is 0 Å². The minimum absolute atomic E-state index is 0.513. The molecule has 0 saturated carbocycles. The molecule has 0 aliphatic rings. The van der Waals surface area contributed by atoms with Crippen molar-refractivity contribution in [2.75, 3.05) is 17.8 Å². The Hall–Kier alpha value is -1.42. The van der Waals surface area contributed by atoms with Gasteiger partial charge in [0, 0.05) is 28.3 Å². The Balaban J connectivity index is 2.27. The van der Waals surface area contributed by atoms with Crippen molar-refractivity contribution >= 4 is 51.9 Å². The van der Waals surface area contributed by atoms with Crippen molar-refractivity contribution in [1.82, 2.24) is 0 Å². The van der Waals surface area contributed by atoms with Gasteiger partial charge in [-0.05, 0) is 43.3 Å². The third kappa shape index (κ3) is 4.03. The standard InChI is InChI=1S/C15H14Cl3N3/c1-9(12-7-10(16)3-5-14(12)19-2)20-21-15-6-4-11(17)8-13(15)18/h3-8,19,21H,1-2H3/b20-9+. The van der Waals surface area contributed by atoms with Crippen LogP contribution in [-0.4, -0.2) is 12.8 Å². The van der Waals surface area contributed by atoms with Crippen molar-refractivity contribution in [1.29, 1.82) is 0 Å². The van der Waals surface area contributed by atoms with E-state index in [2.05, 4.69) is 15.8 Å². The van der Waals surface area contributed by atoms with E-state index in [9.17, 15) is 0 Å². The number of nitrogens with one attached hydrogen (secondary N) is 2. The molecule has 0 spiro atoms. The summed E-state index contributed by atoms with van der Waals surface area (Å²) in [6.45, 7) is 1.89. The molecule has 0 aliphatic carbocycles. The summed E-state index contributed by atoms with van der Waals surface area (Å²) in [7, 11) is 1.85. The number of hydrogen-bond donors (Lipinski definition) is 2. The smallest absolute Gasteiger partial charge is 0.0749 e. The van der Waals surface area contributed by atoms with E-state index >= 15 is 0 Å². The number of nitrogens with zero attached hydrogens (tertiary/aromatic N) is 1. The predicted octanol–water partition coefficient (Wildman–Crippen LogP) is 5.52. The maximum atomic E-state index is 6.09. The van der Waals surface area contributed by atoms with E-state index in [0.717, 1.165) is 17.0 Å². The molecule has 0 aromatic heterocycles. The summed E-state index contributed by atoms with van der Waals surface area (Å²) in [5.41, 5.74) is 6.28. The van der Waals surface area contributed by atoms with E-state index < -0.39 is 0 Å². The molecule has 21 heavy (non-hydrogen) atoms. The van der Waals surface area contributed by atoms with E-state index in [1.807, 2.05) is 32.2 Å². The number of halogens is 3. The summed E-state index contributed by atoms with van der Waals surface area (Å²) in [4.78, 5) is 0. The maximum Gasteiger partial charge on any atom is 0.0749 e. The van der Waals surface area contributed by atoms with Crippen molar-refractivity contribution in [3.05, 3.63) is 57.0 Å². The third-order valence-electron chi connectivity index (χ3n) is 2.92. The van der Waals surface area contributed by atoms with Gasteiger partial charge in [0.2, 0.25) is 0 Å². The average molecular weight is 343 g/mol. The number of benzene rings is 2. The van der Waals surface area contributed by atoms with Crippen LogP contribution in [0.3, 0.4) is 0 Å². The Bertz CT molecular complexity index is 684. The highest BCUT2D eigenvalue weighted by Crippen LogP contribution is 2.26. The minimum atomic E-state index is 0.513. The van der Waals surface area contributed by atoms with E-state index in [1.165, 1.54) is 0 Å². The van der Waals surface area contributed by atoms with Gasteiger partial charge in [0.1, 0.15) is 0 Å². The molecule has 0 radical (unpaired) electrons. The van der Waals surface area contributed by atoms with Gasteiger partial charge in [-0.1, -0.05) is 34.8 Å². The summed E-state index contributed by atoms with van der Waals surface area (Å²) in [6.07, 6.45) is 0. The first-order valence-corrected chi connectivity index (χ1v) is 7.37. The molecule has 2 aromatic carbocycles. The van der Waals surface area contributed by atoms with Crippen LogP contribution in [0.4, 0.5) is 11.4 Å². The number of anilines is 2. The zero-order valence-corrected chi connectivity index (χ0v) is 13.8. The molecular formula is C15H14Cl3N3. The molecule has 0 fully saturated rings. The molecule has 2 aromatic rings. The molecule has 0 atom stereocenters. The molecule has 0 saturated heterocycles. The second-order valence-corrected chi connectivity index (χ2v) is 5.65. The van der Waals surface area contributed by atoms with Crippen LogP contribution in [0.1, 0.15) is 12.5 Å². The average Bonchev–Trinajstić information content (AvgIpc) is 2.46. The monoisotopic (exact) mass is 341 g/mol. The fourth-order valence-electron chi connectivity index (χ4n) is 1.82. The van der Waals surface area contributed by atoms with Crippen molar-refractivity contribution in [2.45, 2.75) is 6.92 Å². The number of rotatable bonds is 4. The van der Waals surface area contributed by atoms with Crippen LogP contribution in [0.15, 0.2) is 41.5 Å². The van der Waals surface area contributed by atoms with Crippen LogP contribution in [0, 0.1) is 0 Å². The van der Waals surface area contributed by atoms with Crippen molar-refractivity contribution < 1.29 is 0 Å². The molecule has 0 heterocycles. The van der Waals surface area contributed by atoms with Gasteiger partial charge < -0.3 is 5.32 Å². The van der Waals surface area contributed by atoms with Crippen molar-refractivity contribution in [3.8, 4) is 0 Å². The van der Waals surface area contributed by atoms with Crippen LogP contribution in [-0.2, 0) is 0 Å². The number of hydrazone groups is 1. The zero-order valence-electron chi connectivity index (χ0n) is 11.5.